The largest absolute Gasteiger partial charge is 0.423 e. The molecule has 4 rings (SSSR count). The Morgan fingerprint density at radius 2 is 2.00 bits per heavy atom. The Balaban J connectivity index is 1.73. The molecule has 0 atom stereocenters. The van der Waals surface area contributed by atoms with Gasteiger partial charge in [0.25, 0.3) is 5.69 Å². The fourth-order valence-electron chi connectivity index (χ4n) is 3.58. The predicted molar refractivity (Wildman–Crippen MR) is 113 cm³/mol. The number of nitro groups is 1. The third kappa shape index (κ3) is 3.71. The SMILES string of the molecule is Cc1cc2oc(=O)cc(Cn3cnc(-c4cccc([N+](=O)[O-])c4)n3)c2cc1C(C)C. The standard InChI is InChI=1S/C22H20N4O4/c1-13(2)18-10-19-16(9-21(27)30-20(19)7-14(18)3)11-25-12-23-22(24-25)15-5-4-6-17(8-15)26(28)29/h4-10,12-13H,11H2,1-3H3. The molecule has 0 N–H and O–H groups in total. The van der Waals surface area contributed by atoms with Crippen molar-refractivity contribution in [3.63, 3.8) is 0 Å². The number of aromatic nitrogens is 3. The highest BCUT2D eigenvalue weighted by Crippen LogP contribution is 2.27. The summed E-state index contributed by atoms with van der Waals surface area (Å²) in [6, 6.07) is 11.6. The average Bonchev–Trinajstić information content (AvgIpc) is 3.15. The van der Waals surface area contributed by atoms with Crippen LogP contribution in [0.25, 0.3) is 22.4 Å². The van der Waals surface area contributed by atoms with Crippen molar-refractivity contribution in [1.82, 2.24) is 14.8 Å². The van der Waals surface area contributed by atoms with Gasteiger partial charge in [-0.3, -0.25) is 10.1 Å². The molecule has 0 fully saturated rings. The summed E-state index contributed by atoms with van der Waals surface area (Å²) in [5, 5.41) is 16.3. The fraction of sp³-hybridized carbons (Fsp3) is 0.227. The van der Waals surface area contributed by atoms with Gasteiger partial charge in [0.2, 0.25) is 0 Å². The molecule has 0 amide bonds. The van der Waals surface area contributed by atoms with Crippen molar-refractivity contribution in [2.24, 2.45) is 0 Å². The monoisotopic (exact) mass is 404 g/mol. The molecule has 2 heterocycles. The highest BCUT2D eigenvalue weighted by molar-refractivity contribution is 5.82. The molecule has 0 spiro atoms. The molecule has 2 aromatic heterocycles. The van der Waals surface area contributed by atoms with Crippen LogP contribution in [0.5, 0.6) is 0 Å². The second-order valence-electron chi connectivity index (χ2n) is 7.52. The first-order valence-electron chi connectivity index (χ1n) is 9.53. The van der Waals surface area contributed by atoms with Crippen molar-refractivity contribution in [3.8, 4) is 11.4 Å². The van der Waals surface area contributed by atoms with Gasteiger partial charge in [0.15, 0.2) is 5.82 Å². The molecule has 0 bridgehead atoms. The number of hydrogen-bond donors (Lipinski definition) is 0. The van der Waals surface area contributed by atoms with Crippen molar-refractivity contribution in [2.75, 3.05) is 0 Å². The van der Waals surface area contributed by atoms with Gasteiger partial charge in [-0.2, -0.15) is 5.10 Å². The fourth-order valence-corrected chi connectivity index (χ4v) is 3.58. The number of nitrogens with zero attached hydrogens (tertiary/aromatic N) is 4. The Morgan fingerprint density at radius 1 is 1.20 bits per heavy atom. The summed E-state index contributed by atoms with van der Waals surface area (Å²) in [4.78, 5) is 26.9. The van der Waals surface area contributed by atoms with Crippen LogP contribution < -0.4 is 5.63 Å². The van der Waals surface area contributed by atoms with E-state index in [1.54, 1.807) is 23.1 Å². The van der Waals surface area contributed by atoms with E-state index in [1.807, 2.05) is 13.0 Å². The number of fused-ring (bicyclic) bond motifs is 1. The quantitative estimate of drug-likeness (QED) is 0.277. The van der Waals surface area contributed by atoms with Crippen LogP contribution in [0.3, 0.4) is 0 Å². The highest BCUT2D eigenvalue weighted by Gasteiger charge is 2.14. The van der Waals surface area contributed by atoms with E-state index < -0.39 is 10.5 Å². The third-order valence-corrected chi connectivity index (χ3v) is 5.02. The van der Waals surface area contributed by atoms with Gasteiger partial charge in [-0.25, -0.2) is 14.5 Å². The molecular formula is C22H20N4O4. The van der Waals surface area contributed by atoms with Crippen molar-refractivity contribution >= 4 is 16.7 Å². The van der Waals surface area contributed by atoms with Crippen LogP contribution in [0, 0.1) is 17.0 Å². The molecule has 8 nitrogen and oxygen atoms in total. The van der Waals surface area contributed by atoms with Gasteiger partial charge in [0, 0.05) is 29.1 Å². The Morgan fingerprint density at radius 3 is 2.73 bits per heavy atom. The average molecular weight is 404 g/mol. The second kappa shape index (κ2) is 7.55. The maximum absolute atomic E-state index is 12.1. The lowest BCUT2D eigenvalue weighted by Crippen LogP contribution is -2.07. The zero-order chi connectivity index (χ0) is 21.4. The maximum atomic E-state index is 12.1. The molecule has 0 aliphatic carbocycles. The lowest BCUT2D eigenvalue weighted by atomic mass is 9.95. The van der Waals surface area contributed by atoms with Crippen LogP contribution in [0.1, 0.15) is 36.5 Å². The van der Waals surface area contributed by atoms with Crippen molar-refractivity contribution in [3.05, 3.63) is 86.0 Å². The minimum Gasteiger partial charge on any atom is -0.423 e. The molecule has 0 aliphatic rings. The number of non-ortho nitro benzene ring substituents is 1. The van der Waals surface area contributed by atoms with Gasteiger partial charge in [-0.15, -0.1) is 0 Å². The zero-order valence-corrected chi connectivity index (χ0v) is 16.8. The lowest BCUT2D eigenvalue weighted by molar-refractivity contribution is -0.384. The molecule has 0 unspecified atom stereocenters. The van der Waals surface area contributed by atoms with E-state index in [9.17, 15) is 14.9 Å². The van der Waals surface area contributed by atoms with Gasteiger partial charge >= 0.3 is 5.63 Å². The molecule has 30 heavy (non-hydrogen) atoms. The molecule has 152 valence electrons. The first-order valence-corrected chi connectivity index (χ1v) is 9.53. The highest BCUT2D eigenvalue weighted by atomic mass is 16.6. The van der Waals surface area contributed by atoms with E-state index in [2.05, 4.69) is 30.0 Å². The molecule has 0 saturated heterocycles. The summed E-state index contributed by atoms with van der Waals surface area (Å²) in [5.41, 5.74) is 3.69. The molecule has 0 saturated carbocycles. The van der Waals surface area contributed by atoms with Crippen LogP contribution in [-0.2, 0) is 6.54 Å². The Bertz CT molecular complexity index is 1320. The molecular weight excluding hydrogens is 384 g/mol. The van der Waals surface area contributed by atoms with Crippen molar-refractivity contribution in [1.29, 1.82) is 0 Å². The molecule has 0 aliphatic heterocycles. The third-order valence-electron chi connectivity index (χ3n) is 5.02. The van der Waals surface area contributed by atoms with Gasteiger partial charge < -0.3 is 4.42 Å². The number of rotatable bonds is 5. The van der Waals surface area contributed by atoms with E-state index in [-0.39, 0.29) is 5.69 Å². The summed E-state index contributed by atoms with van der Waals surface area (Å²) in [7, 11) is 0. The molecule has 0 radical (unpaired) electrons. The topological polar surface area (TPSA) is 104 Å². The number of hydrogen-bond acceptors (Lipinski definition) is 6. The Labute approximate surface area is 171 Å². The van der Waals surface area contributed by atoms with E-state index in [0.717, 1.165) is 16.5 Å². The second-order valence-corrected chi connectivity index (χ2v) is 7.52. The molecule has 2 aromatic carbocycles. The first kappa shape index (κ1) is 19.5. The molecule has 4 aromatic rings. The maximum Gasteiger partial charge on any atom is 0.336 e. The van der Waals surface area contributed by atoms with Crippen molar-refractivity contribution < 1.29 is 9.34 Å². The Kier molecular flexibility index (Phi) is 4.91. The van der Waals surface area contributed by atoms with E-state index in [0.29, 0.717) is 29.4 Å². The number of aryl methyl sites for hydroxylation is 1. The van der Waals surface area contributed by atoms with Crippen LogP contribution in [-0.4, -0.2) is 19.7 Å². The minimum absolute atomic E-state index is 0.0212. The van der Waals surface area contributed by atoms with Gasteiger partial charge in [-0.1, -0.05) is 26.0 Å². The van der Waals surface area contributed by atoms with Gasteiger partial charge in [0.05, 0.1) is 11.5 Å². The smallest absolute Gasteiger partial charge is 0.336 e. The summed E-state index contributed by atoms with van der Waals surface area (Å²) in [6.45, 7) is 6.57. The summed E-state index contributed by atoms with van der Waals surface area (Å²) in [5.74, 6) is 0.714. The zero-order valence-electron chi connectivity index (χ0n) is 16.8. The Hall–Kier alpha value is -3.81. The minimum atomic E-state index is -0.454. The normalized spacial score (nSPS) is 11.3. The number of nitro benzene ring substituents is 1. The van der Waals surface area contributed by atoms with E-state index >= 15 is 0 Å². The summed E-state index contributed by atoms with van der Waals surface area (Å²) >= 11 is 0. The van der Waals surface area contributed by atoms with Gasteiger partial charge in [-0.05, 0) is 41.7 Å². The van der Waals surface area contributed by atoms with E-state index in [4.69, 9.17) is 4.42 Å². The first-order chi connectivity index (χ1) is 14.3. The summed E-state index contributed by atoms with van der Waals surface area (Å²) < 4.78 is 7.01. The van der Waals surface area contributed by atoms with Crippen molar-refractivity contribution in [2.45, 2.75) is 33.2 Å². The predicted octanol–water partition coefficient (Wildman–Crippen LogP) is 4.44. The number of benzene rings is 2. The van der Waals surface area contributed by atoms with Crippen LogP contribution in [0.4, 0.5) is 5.69 Å². The van der Waals surface area contributed by atoms with Gasteiger partial charge in [0.1, 0.15) is 11.9 Å². The van der Waals surface area contributed by atoms with E-state index in [1.165, 1.54) is 23.8 Å². The van der Waals surface area contributed by atoms with Crippen LogP contribution in [0.2, 0.25) is 0 Å². The van der Waals surface area contributed by atoms with Crippen LogP contribution in [0.15, 0.2) is 58.0 Å². The lowest BCUT2D eigenvalue weighted by Gasteiger charge is -2.13. The molecule has 8 heteroatoms. The van der Waals surface area contributed by atoms with Crippen LogP contribution >= 0.6 is 0 Å². The summed E-state index contributed by atoms with van der Waals surface area (Å²) in [6.07, 6.45) is 1.55.